The van der Waals surface area contributed by atoms with E-state index >= 15 is 0 Å². The van der Waals surface area contributed by atoms with Gasteiger partial charge in [0.25, 0.3) is 0 Å². The van der Waals surface area contributed by atoms with Crippen molar-refractivity contribution in [2.75, 3.05) is 0 Å². The molecule has 17 heavy (non-hydrogen) atoms. The van der Waals surface area contributed by atoms with Crippen LogP contribution in [0.2, 0.25) is 0 Å². The van der Waals surface area contributed by atoms with Gasteiger partial charge >= 0.3 is 6.18 Å². The quantitative estimate of drug-likeness (QED) is 0.816. The molecule has 1 rings (SSSR count). The zero-order valence-corrected chi connectivity index (χ0v) is 11.0. The fourth-order valence-corrected chi connectivity index (χ4v) is 1.84. The number of benzene rings is 1. The predicted molar refractivity (Wildman–Crippen MR) is 63.6 cm³/mol. The molecule has 1 aromatic rings. The minimum atomic E-state index is -4.24. The van der Waals surface area contributed by atoms with Crippen LogP contribution in [-0.4, -0.2) is 6.18 Å². The molecule has 0 radical (unpaired) electrons. The molecule has 1 atom stereocenters. The summed E-state index contributed by atoms with van der Waals surface area (Å²) in [5.74, 6) is -0.528. The zero-order chi connectivity index (χ0) is 12.3. The molecular weight excluding hydrogens is 325 g/mol. The van der Waals surface area contributed by atoms with E-state index < -0.39 is 24.5 Å². The average Bonchev–Trinajstić information content (AvgIpc) is 2.17. The molecule has 0 spiro atoms. The van der Waals surface area contributed by atoms with Gasteiger partial charge in [0.2, 0.25) is 0 Å². The van der Waals surface area contributed by atoms with Crippen molar-refractivity contribution in [3.63, 3.8) is 0 Å². The lowest BCUT2D eigenvalue weighted by Crippen LogP contribution is -2.16. The molecule has 0 bridgehead atoms. The van der Waals surface area contributed by atoms with Crippen LogP contribution in [0.4, 0.5) is 17.6 Å². The van der Waals surface area contributed by atoms with E-state index in [1.807, 2.05) is 0 Å². The smallest absolute Gasteiger partial charge is 0.324 e. The lowest BCUT2D eigenvalue weighted by Gasteiger charge is -2.15. The fraction of sp³-hybridized carbons (Fsp3) is 0.400. The van der Waals surface area contributed by atoms with Gasteiger partial charge in [-0.1, -0.05) is 12.1 Å². The van der Waals surface area contributed by atoms with Crippen molar-refractivity contribution in [3.8, 4) is 0 Å². The summed E-state index contributed by atoms with van der Waals surface area (Å²) in [6.07, 6.45) is -5.47. The van der Waals surface area contributed by atoms with Gasteiger partial charge in [0.1, 0.15) is 5.82 Å². The Morgan fingerprint density at radius 3 is 2.41 bits per heavy atom. The Morgan fingerprint density at radius 1 is 1.29 bits per heavy atom. The lowest BCUT2D eigenvalue weighted by molar-refractivity contribution is -0.136. The van der Waals surface area contributed by atoms with Crippen molar-refractivity contribution >= 4 is 28.3 Å². The summed E-state index contributed by atoms with van der Waals surface area (Å²) < 4.78 is 49.1. The van der Waals surface area contributed by atoms with Gasteiger partial charge in [-0.05, 0) is 34.0 Å². The third kappa shape index (κ3) is 5.23. The van der Waals surface area contributed by atoms with E-state index in [0.717, 1.165) is 0 Å². The zero-order valence-electron chi connectivity index (χ0n) is 8.60. The predicted octanol–water partition coefficient (Wildman–Crippen LogP) is 4.35. The highest BCUT2D eigenvalue weighted by Gasteiger charge is 2.28. The summed E-state index contributed by atoms with van der Waals surface area (Å²) in [5.41, 5.74) is 5.93. The van der Waals surface area contributed by atoms with Gasteiger partial charge in [0.05, 0.1) is 4.47 Å². The number of halogens is 6. The van der Waals surface area contributed by atoms with Crippen molar-refractivity contribution < 1.29 is 17.6 Å². The van der Waals surface area contributed by atoms with Crippen molar-refractivity contribution in [1.82, 2.24) is 0 Å². The molecule has 1 nitrogen and oxygen atoms in total. The summed E-state index contributed by atoms with van der Waals surface area (Å²) in [4.78, 5) is 0. The Kier molecular flexibility index (Phi) is 6.43. The van der Waals surface area contributed by atoms with Crippen LogP contribution in [0, 0.1) is 5.82 Å². The number of hydrogen-bond acceptors (Lipinski definition) is 1. The van der Waals surface area contributed by atoms with Gasteiger partial charge < -0.3 is 5.73 Å². The molecule has 7 heteroatoms. The summed E-state index contributed by atoms with van der Waals surface area (Å²) in [6, 6.07) is 3.31. The minimum absolute atomic E-state index is 0. The molecule has 0 heterocycles. The first-order chi connectivity index (χ1) is 7.31. The van der Waals surface area contributed by atoms with E-state index in [4.69, 9.17) is 5.73 Å². The van der Waals surface area contributed by atoms with E-state index in [-0.39, 0.29) is 23.3 Å². The standard InChI is InChI=1S/C10H10BrF4N.ClH/c11-9-6(2-1-3-7(9)12)8(16)4-5-10(13,14)15;/h1-3,8H,4-5,16H2;1H/t8-;/m1./s1. The van der Waals surface area contributed by atoms with E-state index in [1.54, 1.807) is 0 Å². The summed E-state index contributed by atoms with van der Waals surface area (Å²) in [6.45, 7) is 0. The Labute approximate surface area is 111 Å². The van der Waals surface area contributed by atoms with Crippen molar-refractivity contribution in [3.05, 3.63) is 34.1 Å². The maximum atomic E-state index is 13.1. The summed E-state index contributed by atoms with van der Waals surface area (Å²) in [5, 5.41) is 0. The first kappa shape index (κ1) is 16.7. The van der Waals surface area contributed by atoms with Crippen LogP contribution in [0.1, 0.15) is 24.4 Å². The molecule has 1 aromatic carbocycles. The second-order valence-electron chi connectivity index (χ2n) is 3.40. The van der Waals surface area contributed by atoms with E-state index in [1.165, 1.54) is 18.2 Å². The Balaban J connectivity index is 0.00000256. The van der Waals surface area contributed by atoms with Crippen LogP contribution in [0.5, 0.6) is 0 Å². The second-order valence-corrected chi connectivity index (χ2v) is 4.20. The molecule has 98 valence electrons. The van der Waals surface area contributed by atoms with E-state index in [9.17, 15) is 17.6 Å². The van der Waals surface area contributed by atoms with Crippen molar-refractivity contribution in [2.24, 2.45) is 5.73 Å². The molecule has 0 fully saturated rings. The topological polar surface area (TPSA) is 26.0 Å². The molecule has 0 aliphatic carbocycles. The second kappa shape index (κ2) is 6.56. The molecule has 0 amide bonds. The van der Waals surface area contributed by atoms with E-state index in [2.05, 4.69) is 15.9 Å². The van der Waals surface area contributed by atoms with Crippen LogP contribution in [-0.2, 0) is 0 Å². The summed E-state index contributed by atoms with van der Waals surface area (Å²) >= 11 is 2.96. The molecule has 0 saturated carbocycles. The molecule has 0 unspecified atom stereocenters. The monoisotopic (exact) mass is 335 g/mol. The van der Waals surface area contributed by atoms with Gasteiger partial charge in [0.15, 0.2) is 0 Å². The molecule has 0 aromatic heterocycles. The fourth-order valence-electron chi connectivity index (χ4n) is 1.28. The van der Waals surface area contributed by atoms with Crippen molar-refractivity contribution in [1.29, 1.82) is 0 Å². The maximum absolute atomic E-state index is 13.1. The van der Waals surface area contributed by atoms with Gasteiger partial charge in [-0.2, -0.15) is 13.2 Å². The summed E-state index contributed by atoms with van der Waals surface area (Å²) in [7, 11) is 0. The highest BCUT2D eigenvalue weighted by Crippen LogP contribution is 2.30. The van der Waals surface area contributed by atoms with Crippen molar-refractivity contribution in [2.45, 2.75) is 25.1 Å². The van der Waals surface area contributed by atoms with Crippen LogP contribution < -0.4 is 5.73 Å². The van der Waals surface area contributed by atoms with Gasteiger partial charge in [-0.15, -0.1) is 12.4 Å². The lowest BCUT2D eigenvalue weighted by atomic mass is 10.0. The first-order valence-corrected chi connectivity index (χ1v) is 5.37. The highest BCUT2D eigenvalue weighted by atomic mass is 79.9. The van der Waals surface area contributed by atoms with E-state index in [0.29, 0.717) is 5.56 Å². The third-order valence-electron chi connectivity index (χ3n) is 2.12. The maximum Gasteiger partial charge on any atom is 0.389 e. The number of rotatable bonds is 3. The first-order valence-electron chi connectivity index (χ1n) is 4.57. The molecule has 0 aliphatic rings. The van der Waals surface area contributed by atoms with Gasteiger partial charge in [-0.3, -0.25) is 0 Å². The van der Waals surface area contributed by atoms with Gasteiger partial charge in [0, 0.05) is 12.5 Å². The van der Waals surface area contributed by atoms with Crippen LogP contribution in [0.15, 0.2) is 22.7 Å². The molecular formula is C10H11BrClF4N. The molecule has 0 saturated heterocycles. The largest absolute Gasteiger partial charge is 0.389 e. The van der Waals surface area contributed by atoms with Crippen LogP contribution in [0.3, 0.4) is 0 Å². The number of alkyl halides is 3. The van der Waals surface area contributed by atoms with Crippen LogP contribution in [0.25, 0.3) is 0 Å². The Bertz CT molecular complexity index is 370. The number of hydrogen-bond donors (Lipinski definition) is 1. The normalized spacial score (nSPS) is 13.1. The van der Waals surface area contributed by atoms with Crippen LogP contribution >= 0.6 is 28.3 Å². The van der Waals surface area contributed by atoms with Gasteiger partial charge in [-0.25, -0.2) is 4.39 Å². The average molecular weight is 337 g/mol. The third-order valence-corrected chi connectivity index (χ3v) is 2.96. The SMILES string of the molecule is Cl.N[C@H](CCC(F)(F)F)c1cccc(F)c1Br. The number of nitrogens with two attached hydrogens (primary N) is 1. The minimum Gasteiger partial charge on any atom is -0.324 e. The Morgan fingerprint density at radius 2 is 1.88 bits per heavy atom. The molecule has 2 N–H and O–H groups in total. The molecule has 0 aliphatic heterocycles. The Hall–Kier alpha value is -0.330. The highest BCUT2D eigenvalue weighted by molar-refractivity contribution is 9.10.